The number of piperidine rings is 1. The van der Waals surface area contributed by atoms with E-state index < -0.39 is 60.4 Å². The van der Waals surface area contributed by atoms with Crippen LogP contribution in [-0.4, -0.2) is 124 Å². The van der Waals surface area contributed by atoms with Crippen LogP contribution < -0.4 is 14.2 Å². The Morgan fingerprint density at radius 3 is 2.69 bits per heavy atom. The Labute approximate surface area is 377 Å². The van der Waals surface area contributed by atoms with E-state index in [0.29, 0.717) is 48.9 Å². The number of rotatable bonds is 13. The number of aromatic amines is 1. The standard InChI is InChI=1S/C50H60N2O13/c1-3-62-48(57)47-36(26-54)41(31-20-32(25-53)43(56)34(21-31)28-9-10-39-29(19-28)11-15-51-39)42-45(63-33-8-5-13-49(58,59)23-33)35-22-40(64-44(35)37(27-55)46(42)65-47)50(60)14-4-7-30-24-52(16-6-18-61-2)17-12-38(30)50/h4,7,9-11,15,19,26,30,32-34,38,40,51,53,55,58-60H,3,5-6,8,12-14,16-18,20-25,27H2,1-2H3/b41-31-/t30-,32-,33-,34-,38-,40+,50-/m1/s1. The Kier molecular flexibility index (Phi) is 12.8. The maximum Gasteiger partial charge on any atom is 0.375 e. The van der Waals surface area contributed by atoms with Crippen molar-refractivity contribution in [2.75, 3.05) is 46.6 Å². The number of nitrogens with one attached hydrogen (secondary N) is 1. The zero-order valence-electron chi connectivity index (χ0n) is 37.1. The third-order valence-electron chi connectivity index (χ3n) is 14.7. The fourth-order valence-corrected chi connectivity index (χ4v) is 11.6. The molecule has 9 rings (SSSR count). The molecule has 2 saturated carbocycles. The maximum atomic E-state index is 14.2. The number of aliphatic hydroxyl groups is 5. The first-order valence-corrected chi connectivity index (χ1v) is 23.1. The van der Waals surface area contributed by atoms with Gasteiger partial charge in [-0.2, -0.15) is 0 Å². The number of Topliss-reactive ketones (excluding diaryl/α,β-unsaturated/α-hetero) is 1. The molecule has 348 valence electrons. The first-order valence-electron chi connectivity index (χ1n) is 23.1. The van der Waals surface area contributed by atoms with Gasteiger partial charge in [-0.25, -0.2) is 4.79 Å². The molecule has 6 aliphatic rings. The number of ketones is 1. The summed E-state index contributed by atoms with van der Waals surface area (Å²) in [5.74, 6) is -4.86. The number of hydrogen-bond acceptors (Lipinski definition) is 14. The second-order valence-electron chi connectivity index (χ2n) is 18.7. The van der Waals surface area contributed by atoms with E-state index in [2.05, 4.69) is 16.0 Å². The van der Waals surface area contributed by atoms with E-state index in [9.17, 15) is 39.9 Å². The third-order valence-corrected chi connectivity index (χ3v) is 14.7. The minimum absolute atomic E-state index is 0.0198. The molecule has 3 aromatic rings. The molecule has 3 aliphatic heterocycles. The number of hydrogen-bond donors (Lipinski definition) is 6. The largest absolute Gasteiger partial charge is 0.489 e. The van der Waals surface area contributed by atoms with Gasteiger partial charge < -0.3 is 59.1 Å². The Hall–Kier alpha value is -4.87. The van der Waals surface area contributed by atoms with Crippen LogP contribution in [0.5, 0.6) is 17.2 Å². The van der Waals surface area contributed by atoms with Crippen molar-refractivity contribution in [1.82, 2.24) is 9.88 Å². The number of H-pyrrole nitrogens is 1. The molecule has 3 fully saturated rings. The van der Waals surface area contributed by atoms with Gasteiger partial charge >= 0.3 is 5.97 Å². The number of carbonyl (C=O) groups excluding carboxylic acids is 3. The molecule has 0 radical (unpaired) electrons. The molecular weight excluding hydrogens is 837 g/mol. The van der Waals surface area contributed by atoms with Crippen LogP contribution >= 0.6 is 0 Å². The van der Waals surface area contributed by atoms with Crippen molar-refractivity contribution in [3.63, 3.8) is 0 Å². The fraction of sp³-hybridized carbons (Fsp3) is 0.540. The molecule has 0 bridgehead atoms. The van der Waals surface area contributed by atoms with Crippen molar-refractivity contribution >= 4 is 34.5 Å². The van der Waals surface area contributed by atoms with E-state index in [4.69, 9.17) is 23.7 Å². The van der Waals surface area contributed by atoms with Crippen LogP contribution in [0.4, 0.5) is 0 Å². The first-order chi connectivity index (χ1) is 31.4. The molecule has 15 heteroatoms. The van der Waals surface area contributed by atoms with Gasteiger partial charge in [0.25, 0.3) is 0 Å². The molecule has 0 unspecified atom stereocenters. The summed E-state index contributed by atoms with van der Waals surface area (Å²) in [4.78, 5) is 47.3. The topological polar surface area (TPSA) is 218 Å². The number of ether oxygens (including phenoxy) is 5. The highest BCUT2D eigenvalue weighted by Crippen LogP contribution is 2.58. The van der Waals surface area contributed by atoms with Gasteiger partial charge in [-0.15, -0.1) is 0 Å². The number of fused-ring (bicyclic) bond motifs is 4. The van der Waals surface area contributed by atoms with Gasteiger partial charge in [-0.05, 0) is 93.5 Å². The summed E-state index contributed by atoms with van der Waals surface area (Å²) < 4.78 is 31.0. The quantitative estimate of drug-likeness (QED) is 0.0457. The number of nitrogens with zero attached hydrogens (tertiary/aromatic N) is 1. The minimum atomic E-state index is -2.01. The molecule has 15 nitrogen and oxygen atoms in total. The number of methoxy groups -OCH3 is 1. The second-order valence-corrected chi connectivity index (χ2v) is 18.7. The van der Waals surface area contributed by atoms with Crippen LogP contribution in [0, 0.1) is 17.8 Å². The molecule has 0 amide bonds. The van der Waals surface area contributed by atoms with Crippen LogP contribution in [0.3, 0.4) is 0 Å². The SMILES string of the molecule is CCOC(=O)C1=C(C=O)/C(=C2\C[C@H](CO)C(=O)[C@@H](c3ccc4[nH]ccc4c3)C2)c2c(c(CO)c3c(c2O[C@@H]2CCCC(O)(O)C2)C[C@@H]([C@@]2(O)CC=C[C@@H]4CN(CCCOC)CC[C@H]42)O3)O1. The van der Waals surface area contributed by atoms with E-state index >= 15 is 0 Å². The molecule has 7 atom stereocenters. The summed E-state index contributed by atoms with van der Waals surface area (Å²) in [5.41, 5.74) is 1.81. The number of aromatic nitrogens is 1. The van der Waals surface area contributed by atoms with E-state index in [0.717, 1.165) is 43.4 Å². The highest BCUT2D eigenvalue weighted by atomic mass is 16.6. The lowest BCUT2D eigenvalue weighted by molar-refractivity contribution is -0.196. The second kappa shape index (κ2) is 18.4. The first kappa shape index (κ1) is 45.3. The Bertz CT molecular complexity index is 2430. The molecule has 3 aliphatic carbocycles. The monoisotopic (exact) mass is 896 g/mol. The summed E-state index contributed by atoms with van der Waals surface area (Å²) in [6, 6.07) is 7.59. The van der Waals surface area contributed by atoms with Crippen molar-refractivity contribution < 1.29 is 63.6 Å². The van der Waals surface area contributed by atoms with Crippen molar-refractivity contribution in [3.8, 4) is 17.2 Å². The van der Waals surface area contributed by atoms with Gasteiger partial charge in [0.05, 0.1) is 36.5 Å². The van der Waals surface area contributed by atoms with Crippen molar-refractivity contribution in [2.24, 2.45) is 17.8 Å². The Morgan fingerprint density at radius 1 is 1.09 bits per heavy atom. The molecule has 65 heavy (non-hydrogen) atoms. The van der Waals surface area contributed by atoms with E-state index in [1.807, 2.05) is 36.5 Å². The van der Waals surface area contributed by atoms with Gasteiger partial charge in [0.1, 0.15) is 40.8 Å². The molecule has 4 heterocycles. The van der Waals surface area contributed by atoms with Crippen molar-refractivity contribution in [3.05, 3.63) is 81.8 Å². The molecular formula is C50H60N2O13. The average molecular weight is 897 g/mol. The van der Waals surface area contributed by atoms with Gasteiger partial charge in [0.15, 0.2) is 12.1 Å². The lowest BCUT2D eigenvalue weighted by Gasteiger charge is -2.49. The van der Waals surface area contributed by atoms with E-state index in [1.54, 1.807) is 14.0 Å². The van der Waals surface area contributed by atoms with E-state index in [1.165, 1.54) is 0 Å². The van der Waals surface area contributed by atoms with Gasteiger partial charge in [0.2, 0.25) is 5.76 Å². The lowest BCUT2D eigenvalue weighted by Crippen LogP contribution is -2.58. The highest BCUT2D eigenvalue weighted by molar-refractivity contribution is 6.11. The molecule has 0 spiro atoms. The predicted molar refractivity (Wildman–Crippen MR) is 237 cm³/mol. The molecule has 1 aromatic heterocycles. The van der Waals surface area contributed by atoms with Gasteiger partial charge in [-0.3, -0.25) is 9.59 Å². The maximum absolute atomic E-state index is 14.2. The Balaban J connectivity index is 1.22. The molecule has 6 N–H and O–H groups in total. The van der Waals surface area contributed by atoms with Gasteiger partial charge in [0, 0.05) is 86.7 Å². The van der Waals surface area contributed by atoms with Gasteiger partial charge in [-0.1, -0.05) is 23.8 Å². The third kappa shape index (κ3) is 8.34. The fourth-order valence-electron chi connectivity index (χ4n) is 11.6. The zero-order chi connectivity index (χ0) is 45.6. The van der Waals surface area contributed by atoms with Crippen LogP contribution in [0.1, 0.15) is 92.9 Å². The Morgan fingerprint density at radius 2 is 1.94 bits per heavy atom. The number of benzene rings is 2. The summed E-state index contributed by atoms with van der Waals surface area (Å²) in [6.07, 6.45) is 8.10. The number of carbonyl (C=O) groups is 3. The van der Waals surface area contributed by atoms with Crippen LogP contribution in [-0.2, 0) is 36.9 Å². The summed E-state index contributed by atoms with van der Waals surface area (Å²) in [6.45, 7) is 3.57. The molecule has 1 saturated heterocycles. The number of aldehydes is 1. The summed E-state index contributed by atoms with van der Waals surface area (Å²) in [7, 11) is 1.69. The van der Waals surface area contributed by atoms with Crippen LogP contribution in [0.25, 0.3) is 16.5 Å². The average Bonchev–Trinajstić information content (AvgIpc) is 3.97. The van der Waals surface area contributed by atoms with Crippen LogP contribution in [0.2, 0.25) is 0 Å². The number of aliphatic hydroxyl groups excluding tert-OH is 2. The molecule has 2 aromatic carbocycles. The van der Waals surface area contributed by atoms with Crippen molar-refractivity contribution in [2.45, 2.75) is 107 Å². The van der Waals surface area contributed by atoms with Crippen LogP contribution in [0.15, 0.2) is 59.5 Å². The minimum Gasteiger partial charge on any atom is -0.489 e. The highest BCUT2D eigenvalue weighted by Gasteiger charge is 2.54. The summed E-state index contributed by atoms with van der Waals surface area (Å²) >= 11 is 0. The smallest absolute Gasteiger partial charge is 0.375 e. The zero-order valence-corrected chi connectivity index (χ0v) is 37.1. The summed E-state index contributed by atoms with van der Waals surface area (Å²) in [5, 5.41) is 57.8. The lowest BCUT2D eigenvalue weighted by atomic mass is 9.66. The normalized spacial score (nSPS) is 29.7. The number of allylic oxidation sites excluding steroid dienone is 3. The predicted octanol–water partition coefficient (Wildman–Crippen LogP) is 4.55. The van der Waals surface area contributed by atoms with Crippen molar-refractivity contribution in [1.29, 1.82) is 0 Å². The number of likely N-dealkylation sites (tertiary alicyclic amines) is 1. The van der Waals surface area contributed by atoms with E-state index in [-0.39, 0.29) is 95.9 Å². The number of esters is 1.